The van der Waals surface area contributed by atoms with Gasteiger partial charge in [0.05, 0.1) is 38.6 Å². The number of rotatable bonds is 55. The van der Waals surface area contributed by atoms with Gasteiger partial charge in [-0.15, -0.1) is 0 Å². The van der Waals surface area contributed by atoms with Crippen LogP contribution < -0.4 is 5.32 Å². The Morgan fingerprint density at radius 1 is 0.393 bits per heavy atom. The Bertz CT molecular complexity index is 1760. The fourth-order valence-corrected chi connectivity index (χ4v) is 12.1. The fraction of sp³-hybridized carbons (Fsp3) is 0.900. The monoisotopic (exact) mass is 1270 g/mol. The molecule has 0 aromatic carbocycles. The molecule has 0 radical (unpaired) electrons. The van der Waals surface area contributed by atoms with Crippen LogP contribution in [0.1, 0.15) is 271 Å². The summed E-state index contributed by atoms with van der Waals surface area (Å²) >= 11 is 0. The van der Waals surface area contributed by atoms with E-state index in [1.165, 1.54) is 193 Å². The molecular weight excluding hydrogens is 1140 g/mol. The third kappa shape index (κ3) is 34.3. The fourth-order valence-electron chi connectivity index (χ4n) is 12.1. The van der Waals surface area contributed by atoms with Crippen LogP contribution in [0.15, 0.2) is 36.5 Å². The van der Waals surface area contributed by atoms with Crippen LogP contribution in [-0.2, 0) is 33.2 Å². The van der Waals surface area contributed by atoms with Crippen molar-refractivity contribution in [3.8, 4) is 0 Å². The molecule has 0 saturated carbocycles. The number of allylic oxidation sites excluding steroid dienone is 5. The van der Waals surface area contributed by atoms with Crippen LogP contribution >= 0.6 is 0 Å². The molecule has 3 aliphatic rings. The Balaban J connectivity index is 1.42. The van der Waals surface area contributed by atoms with E-state index in [1.807, 2.05) is 6.08 Å². The van der Waals surface area contributed by atoms with Crippen molar-refractivity contribution in [3.63, 3.8) is 0 Å². The highest BCUT2D eigenvalue weighted by atomic mass is 16.8. The predicted molar refractivity (Wildman–Crippen MR) is 346 cm³/mol. The van der Waals surface area contributed by atoms with Gasteiger partial charge in [0.25, 0.3) is 0 Å². The molecule has 0 spiro atoms. The van der Waals surface area contributed by atoms with Crippen molar-refractivity contribution in [2.75, 3.05) is 26.4 Å². The first-order valence-electron chi connectivity index (χ1n) is 35.7. The maximum absolute atomic E-state index is 13.4. The number of aliphatic hydroxyl groups is 11. The van der Waals surface area contributed by atoms with Crippen LogP contribution in [0, 0.1) is 0 Å². The second-order valence-corrected chi connectivity index (χ2v) is 25.7. The van der Waals surface area contributed by atoms with Gasteiger partial charge in [0.1, 0.15) is 73.2 Å². The van der Waals surface area contributed by atoms with E-state index in [9.17, 15) is 61.0 Å². The van der Waals surface area contributed by atoms with Gasteiger partial charge in [-0.1, -0.05) is 256 Å². The number of carbonyl (C=O) groups is 1. The summed E-state index contributed by atoms with van der Waals surface area (Å²) in [7, 11) is 0. The number of carbonyl (C=O) groups excluding carboxylic acids is 1. The van der Waals surface area contributed by atoms with Crippen molar-refractivity contribution >= 4 is 5.91 Å². The van der Waals surface area contributed by atoms with Crippen molar-refractivity contribution in [3.05, 3.63) is 36.5 Å². The van der Waals surface area contributed by atoms with E-state index in [2.05, 4.69) is 43.5 Å². The average Bonchev–Trinajstić information content (AvgIpc) is 1.93. The van der Waals surface area contributed by atoms with Crippen molar-refractivity contribution in [2.24, 2.45) is 0 Å². The van der Waals surface area contributed by atoms with Crippen LogP contribution in [0.5, 0.6) is 0 Å². The summed E-state index contributed by atoms with van der Waals surface area (Å²) < 4.78 is 34.3. The summed E-state index contributed by atoms with van der Waals surface area (Å²) in [6, 6.07) is -0.994. The van der Waals surface area contributed by atoms with Gasteiger partial charge >= 0.3 is 0 Å². The number of hydrogen-bond acceptors (Lipinski definition) is 18. The lowest BCUT2D eigenvalue weighted by Crippen LogP contribution is -2.66. The summed E-state index contributed by atoms with van der Waals surface area (Å²) in [5, 5.41) is 120. The molecule has 3 fully saturated rings. The quantitative estimate of drug-likeness (QED) is 0.0199. The van der Waals surface area contributed by atoms with Crippen molar-refractivity contribution in [2.45, 2.75) is 375 Å². The number of hydrogen-bond donors (Lipinski definition) is 12. The molecule has 3 rings (SSSR count). The first-order chi connectivity index (χ1) is 43.3. The molecule has 19 nitrogen and oxygen atoms in total. The van der Waals surface area contributed by atoms with Gasteiger partial charge < -0.3 is 89.9 Å². The van der Waals surface area contributed by atoms with Gasteiger partial charge in [0.15, 0.2) is 18.9 Å². The van der Waals surface area contributed by atoms with Gasteiger partial charge in [-0.25, -0.2) is 0 Å². The van der Waals surface area contributed by atoms with Gasteiger partial charge in [-0.3, -0.25) is 4.79 Å². The zero-order chi connectivity index (χ0) is 64.7. The molecule has 1 amide bonds. The minimum atomic E-state index is -1.98. The van der Waals surface area contributed by atoms with Crippen LogP contribution in [0.25, 0.3) is 0 Å². The molecular formula is C70H129NO18. The Kier molecular flexibility index (Phi) is 47.7. The van der Waals surface area contributed by atoms with Crippen molar-refractivity contribution < 1.29 is 89.4 Å². The molecule has 17 atom stereocenters. The summed E-state index contributed by atoms with van der Waals surface area (Å²) in [6.45, 7) is 1.73. The molecule has 0 aromatic heterocycles. The largest absolute Gasteiger partial charge is 0.394 e. The van der Waals surface area contributed by atoms with Gasteiger partial charge in [0.2, 0.25) is 5.91 Å². The normalized spacial score (nSPS) is 28.4. The van der Waals surface area contributed by atoms with Crippen molar-refractivity contribution in [1.82, 2.24) is 5.32 Å². The number of ether oxygens (including phenoxy) is 6. The Labute approximate surface area is 536 Å². The lowest BCUT2D eigenvalue weighted by Gasteiger charge is -2.48. The zero-order valence-electron chi connectivity index (χ0n) is 55.2. The lowest BCUT2D eigenvalue weighted by molar-refractivity contribution is -0.379. The number of amides is 1. The number of unbranched alkanes of at least 4 members (excludes halogenated alkanes) is 35. The number of nitrogens with one attached hydrogen (secondary N) is 1. The van der Waals surface area contributed by atoms with Crippen LogP contribution in [-0.4, -0.2) is 193 Å². The Hall–Kier alpha value is -1.99. The average molecular weight is 1270 g/mol. The minimum absolute atomic E-state index is 0.235. The summed E-state index contributed by atoms with van der Waals surface area (Å²) in [4.78, 5) is 13.4. The summed E-state index contributed by atoms with van der Waals surface area (Å²) in [6.07, 6.45) is 34.3. The molecule has 19 heteroatoms. The van der Waals surface area contributed by atoms with E-state index in [0.717, 1.165) is 44.9 Å². The highest BCUT2D eigenvalue weighted by molar-refractivity contribution is 5.76. The number of aliphatic hydroxyl groups excluding tert-OH is 11. The molecule has 0 aromatic rings. The summed E-state index contributed by atoms with van der Waals surface area (Å²) in [5.41, 5.74) is 0. The molecule has 0 aliphatic carbocycles. The van der Waals surface area contributed by atoms with E-state index in [1.54, 1.807) is 6.08 Å². The van der Waals surface area contributed by atoms with Gasteiger partial charge in [-0.2, -0.15) is 0 Å². The van der Waals surface area contributed by atoms with E-state index in [0.29, 0.717) is 12.8 Å². The minimum Gasteiger partial charge on any atom is -0.394 e. The predicted octanol–water partition coefficient (Wildman–Crippen LogP) is 9.61. The highest BCUT2D eigenvalue weighted by Crippen LogP contribution is 2.33. The second kappa shape index (κ2) is 52.3. The molecule has 3 saturated heterocycles. The SMILES string of the molecule is CCCCCCCCCCCCCCCCCCCCCC/C=C/CC/C=C/CC/C=C/C(O)C(COC1OC(CO)C(OC2OC(CO)C(OC3OC(CO)C(O)C(O)C3O)C(O)C2O)C(O)C1O)NC(=O)CCCCCCCCCCCCCCCC. The summed E-state index contributed by atoms with van der Waals surface area (Å²) in [5.74, 6) is -0.287. The maximum atomic E-state index is 13.4. The van der Waals surface area contributed by atoms with E-state index in [4.69, 9.17) is 28.4 Å². The van der Waals surface area contributed by atoms with Crippen LogP contribution in [0.4, 0.5) is 0 Å². The molecule has 17 unspecified atom stereocenters. The highest BCUT2D eigenvalue weighted by Gasteiger charge is 2.53. The molecule has 12 N–H and O–H groups in total. The third-order valence-electron chi connectivity index (χ3n) is 17.9. The smallest absolute Gasteiger partial charge is 0.220 e. The first kappa shape index (κ1) is 81.2. The molecule has 3 aliphatic heterocycles. The zero-order valence-corrected chi connectivity index (χ0v) is 55.2. The lowest BCUT2D eigenvalue weighted by atomic mass is 9.96. The third-order valence-corrected chi connectivity index (χ3v) is 17.9. The maximum Gasteiger partial charge on any atom is 0.220 e. The van der Waals surface area contributed by atoms with Crippen molar-refractivity contribution in [1.29, 1.82) is 0 Å². The first-order valence-corrected chi connectivity index (χ1v) is 35.7. The molecule has 3 heterocycles. The van der Waals surface area contributed by atoms with Crippen LogP contribution in [0.3, 0.4) is 0 Å². The van der Waals surface area contributed by atoms with Gasteiger partial charge in [0, 0.05) is 6.42 Å². The van der Waals surface area contributed by atoms with E-state index < -0.39 is 124 Å². The Morgan fingerprint density at radius 2 is 0.719 bits per heavy atom. The van der Waals surface area contributed by atoms with Gasteiger partial charge in [-0.05, 0) is 44.9 Å². The standard InChI is InChI=1S/C70H129NO18/c1-3-5-7-9-11-13-15-17-19-20-21-22-23-24-25-26-27-28-29-30-31-32-33-34-35-37-39-41-43-45-47-54(75)53(71-58(76)48-46-44-42-40-38-36-18-16-14-12-10-8-6-4-2)52-84-68-64(82)61(79)66(56(50-73)86-68)89-70-65(83)62(80)67(57(51-74)87-70)88-69-63(81)60(78)59(77)55(49-72)85-69/h32-33,37,39,45,47,53-57,59-70,72-75,77-83H,3-31,34-36,38,40-44,46,48-52H2,1-2H3,(H,71,76)/b33-32+,39-37+,47-45+. The molecule has 0 bridgehead atoms. The van der Waals surface area contributed by atoms with E-state index >= 15 is 0 Å². The van der Waals surface area contributed by atoms with Crippen LogP contribution in [0.2, 0.25) is 0 Å². The Morgan fingerprint density at radius 3 is 1.12 bits per heavy atom. The topological polar surface area (TPSA) is 307 Å². The van der Waals surface area contributed by atoms with E-state index in [-0.39, 0.29) is 18.9 Å². The molecule has 522 valence electrons. The molecule has 89 heavy (non-hydrogen) atoms. The second-order valence-electron chi connectivity index (χ2n) is 25.7.